The number of thiophene rings is 1. The molecule has 0 bridgehead atoms. The monoisotopic (exact) mass is 456 g/mol. The van der Waals surface area contributed by atoms with E-state index in [4.69, 9.17) is 0 Å². The van der Waals surface area contributed by atoms with Crippen molar-refractivity contribution in [3.05, 3.63) is 69.6 Å². The molecule has 5 rings (SSSR count). The molecule has 1 atom stereocenters. The van der Waals surface area contributed by atoms with Gasteiger partial charge >= 0.3 is 0 Å². The van der Waals surface area contributed by atoms with Gasteiger partial charge in [0.05, 0.1) is 6.54 Å². The summed E-state index contributed by atoms with van der Waals surface area (Å²) < 4.78 is 29.3. The van der Waals surface area contributed by atoms with Crippen molar-refractivity contribution in [2.75, 3.05) is 13.1 Å². The molecule has 31 heavy (non-hydrogen) atoms. The highest BCUT2D eigenvalue weighted by molar-refractivity contribution is 7.91. The van der Waals surface area contributed by atoms with Gasteiger partial charge in [-0.05, 0) is 29.9 Å². The summed E-state index contributed by atoms with van der Waals surface area (Å²) in [6, 6.07) is 13.1. The lowest BCUT2D eigenvalue weighted by atomic mass is 9.99. The smallest absolute Gasteiger partial charge is 0.281 e. The van der Waals surface area contributed by atoms with E-state index in [1.54, 1.807) is 22.2 Å². The minimum atomic E-state index is -3.55. The van der Waals surface area contributed by atoms with Gasteiger partial charge in [0, 0.05) is 19.0 Å². The fraction of sp³-hybridized carbons (Fsp3) is 0.300. The van der Waals surface area contributed by atoms with E-state index in [1.807, 2.05) is 30.3 Å². The van der Waals surface area contributed by atoms with Crippen LogP contribution in [0.15, 0.2) is 56.8 Å². The molecule has 0 spiro atoms. The molecule has 9 nitrogen and oxygen atoms in total. The Bertz CT molecular complexity index is 1360. The number of nitrogens with one attached hydrogen (secondary N) is 1. The zero-order valence-corrected chi connectivity index (χ0v) is 18.1. The molecule has 1 aliphatic rings. The van der Waals surface area contributed by atoms with Crippen molar-refractivity contribution >= 4 is 32.5 Å². The minimum Gasteiger partial charge on any atom is -0.308 e. The summed E-state index contributed by atoms with van der Waals surface area (Å²) in [6.45, 7) is 1.17. The summed E-state index contributed by atoms with van der Waals surface area (Å²) in [7, 11) is -3.55. The topological polar surface area (TPSA) is 114 Å². The summed E-state index contributed by atoms with van der Waals surface area (Å²) >= 11 is 1.21. The highest BCUT2D eigenvalue weighted by Crippen LogP contribution is 2.30. The summed E-state index contributed by atoms with van der Waals surface area (Å²) in [5, 5.41) is 9.85. The lowest BCUT2D eigenvalue weighted by molar-refractivity contribution is 0.309. The Hall–Kier alpha value is -2.89. The highest BCUT2D eigenvalue weighted by atomic mass is 32.2. The molecule has 1 saturated heterocycles. The molecule has 4 aromatic rings. The van der Waals surface area contributed by atoms with E-state index in [0.717, 1.165) is 12.0 Å². The van der Waals surface area contributed by atoms with Crippen LogP contribution >= 0.6 is 11.3 Å². The molecular weight excluding hydrogens is 436 g/mol. The van der Waals surface area contributed by atoms with Gasteiger partial charge in [-0.3, -0.25) is 4.79 Å². The molecule has 0 radical (unpaired) electrons. The fourth-order valence-corrected chi connectivity index (χ4v) is 6.53. The first-order valence-corrected chi connectivity index (χ1v) is 12.3. The first-order chi connectivity index (χ1) is 15.0. The lowest BCUT2D eigenvalue weighted by Crippen LogP contribution is -2.39. The second-order valence-electron chi connectivity index (χ2n) is 7.49. The normalized spacial score (nSPS) is 17.9. The Kier molecular flexibility index (Phi) is 5.16. The van der Waals surface area contributed by atoms with E-state index in [1.165, 1.54) is 15.6 Å². The molecule has 1 N–H and O–H groups in total. The van der Waals surface area contributed by atoms with E-state index in [9.17, 15) is 13.2 Å². The van der Waals surface area contributed by atoms with Gasteiger partial charge in [0.1, 0.15) is 10.0 Å². The van der Waals surface area contributed by atoms with E-state index >= 15 is 0 Å². The molecule has 1 fully saturated rings. The van der Waals surface area contributed by atoms with E-state index < -0.39 is 10.0 Å². The third kappa shape index (κ3) is 3.80. The van der Waals surface area contributed by atoms with E-state index in [0.29, 0.717) is 35.2 Å². The number of hydrogen-bond acceptors (Lipinski definition) is 7. The van der Waals surface area contributed by atoms with E-state index in [2.05, 4.69) is 20.3 Å². The van der Waals surface area contributed by atoms with E-state index in [-0.39, 0.29) is 23.5 Å². The van der Waals surface area contributed by atoms with Crippen molar-refractivity contribution in [2.45, 2.75) is 29.5 Å². The van der Waals surface area contributed by atoms with Crippen LogP contribution in [0.4, 0.5) is 0 Å². The average molecular weight is 457 g/mol. The number of sulfonamides is 1. The summed E-state index contributed by atoms with van der Waals surface area (Å²) in [5.74, 6) is 0.265. The molecule has 11 heteroatoms. The van der Waals surface area contributed by atoms with Crippen LogP contribution < -0.4 is 5.56 Å². The van der Waals surface area contributed by atoms with Gasteiger partial charge in [-0.15, -0.1) is 16.4 Å². The molecule has 0 aliphatic carbocycles. The summed E-state index contributed by atoms with van der Waals surface area (Å²) in [6.07, 6.45) is 1.43. The predicted molar refractivity (Wildman–Crippen MR) is 117 cm³/mol. The van der Waals surface area contributed by atoms with Crippen molar-refractivity contribution in [3.8, 4) is 0 Å². The van der Waals surface area contributed by atoms with Crippen LogP contribution in [0.25, 0.3) is 11.2 Å². The number of rotatable bonds is 5. The molecule has 0 amide bonds. The minimum absolute atomic E-state index is 0.179. The third-order valence-electron chi connectivity index (χ3n) is 5.43. The van der Waals surface area contributed by atoms with Crippen molar-refractivity contribution in [1.29, 1.82) is 0 Å². The first kappa shape index (κ1) is 20.0. The van der Waals surface area contributed by atoms with Gasteiger partial charge in [-0.2, -0.15) is 4.31 Å². The number of aromatic nitrogens is 5. The summed E-state index contributed by atoms with van der Waals surface area (Å²) in [5.41, 5.74) is 1.24. The lowest BCUT2D eigenvalue weighted by Gasteiger charge is -2.30. The molecule has 4 heterocycles. The highest BCUT2D eigenvalue weighted by Gasteiger charge is 2.33. The molecule has 0 saturated carbocycles. The number of nitrogens with zero attached hydrogens (tertiary/aromatic N) is 5. The van der Waals surface area contributed by atoms with Crippen molar-refractivity contribution in [3.63, 3.8) is 0 Å². The largest absolute Gasteiger partial charge is 0.308 e. The Morgan fingerprint density at radius 3 is 2.77 bits per heavy atom. The zero-order chi connectivity index (χ0) is 21.4. The number of piperidine rings is 1. The van der Waals surface area contributed by atoms with Crippen LogP contribution in [0.2, 0.25) is 0 Å². The van der Waals surface area contributed by atoms with Gasteiger partial charge in [-0.1, -0.05) is 41.6 Å². The van der Waals surface area contributed by atoms with Crippen LogP contribution in [-0.2, 0) is 16.6 Å². The van der Waals surface area contributed by atoms with Gasteiger partial charge in [0.2, 0.25) is 0 Å². The maximum Gasteiger partial charge on any atom is 0.281 e. The van der Waals surface area contributed by atoms with Crippen LogP contribution in [0.5, 0.6) is 0 Å². The standard InChI is InChI=1S/C20H20N6O3S2/c27-20-17-19(26(24-23-17)12-14-6-2-1-3-7-14)21-18(22-20)15-8-4-10-25(13-15)31(28,29)16-9-5-11-30-16/h1-3,5-7,9,11,15H,4,8,10,12-13H2,(H,21,22,27)/t15-/m0/s1. The maximum absolute atomic E-state index is 12.9. The van der Waals surface area contributed by atoms with Gasteiger partial charge in [0.25, 0.3) is 15.6 Å². The fourth-order valence-electron chi connectivity index (χ4n) is 3.86. The molecule has 3 aromatic heterocycles. The second-order valence-corrected chi connectivity index (χ2v) is 10.6. The van der Waals surface area contributed by atoms with Crippen LogP contribution in [0.3, 0.4) is 0 Å². The number of aromatic amines is 1. The molecule has 1 aliphatic heterocycles. The Labute approximate surface area is 182 Å². The second kappa shape index (κ2) is 7.98. The van der Waals surface area contributed by atoms with Crippen molar-refractivity contribution < 1.29 is 8.42 Å². The van der Waals surface area contributed by atoms with Gasteiger partial charge < -0.3 is 4.98 Å². The molecule has 0 unspecified atom stereocenters. The van der Waals surface area contributed by atoms with Crippen LogP contribution in [-0.4, -0.2) is 50.8 Å². The predicted octanol–water partition coefficient (Wildman–Crippen LogP) is 2.19. The van der Waals surface area contributed by atoms with Crippen molar-refractivity contribution in [2.24, 2.45) is 0 Å². The zero-order valence-electron chi connectivity index (χ0n) is 16.5. The van der Waals surface area contributed by atoms with Crippen LogP contribution in [0.1, 0.15) is 30.1 Å². The third-order valence-corrected chi connectivity index (χ3v) is 8.67. The Balaban J connectivity index is 1.47. The number of H-pyrrole nitrogens is 1. The maximum atomic E-state index is 12.9. The Morgan fingerprint density at radius 2 is 2.00 bits per heavy atom. The SMILES string of the molecule is O=c1[nH]c([C@H]2CCCN(S(=O)(=O)c3cccs3)C2)nc2c1nnn2Cc1ccccc1. The number of benzene rings is 1. The van der Waals surface area contributed by atoms with Crippen LogP contribution in [0, 0.1) is 0 Å². The molecule has 160 valence electrons. The summed E-state index contributed by atoms with van der Waals surface area (Å²) in [4.78, 5) is 20.1. The average Bonchev–Trinajstić information content (AvgIpc) is 3.46. The number of hydrogen-bond donors (Lipinski definition) is 1. The Morgan fingerprint density at radius 1 is 1.16 bits per heavy atom. The number of fused-ring (bicyclic) bond motifs is 1. The van der Waals surface area contributed by atoms with Gasteiger partial charge in [-0.25, -0.2) is 18.1 Å². The molecular formula is C20H20N6O3S2. The molecule has 1 aromatic carbocycles. The quantitative estimate of drug-likeness (QED) is 0.492. The first-order valence-electron chi connectivity index (χ1n) is 9.93. The van der Waals surface area contributed by atoms with Gasteiger partial charge in [0.15, 0.2) is 11.2 Å². The van der Waals surface area contributed by atoms with Crippen molar-refractivity contribution in [1.82, 2.24) is 29.3 Å².